The van der Waals surface area contributed by atoms with E-state index in [1.165, 1.54) is 0 Å². The van der Waals surface area contributed by atoms with Crippen molar-refractivity contribution in [2.24, 2.45) is 0 Å². The SMILES string of the molecule is CN(Cc1ccccc1)C(=O)Cc1ccco1. The van der Waals surface area contributed by atoms with Gasteiger partial charge in [0.05, 0.1) is 12.7 Å². The summed E-state index contributed by atoms with van der Waals surface area (Å²) < 4.78 is 5.16. The van der Waals surface area contributed by atoms with Crippen molar-refractivity contribution in [3.8, 4) is 0 Å². The molecule has 0 aliphatic heterocycles. The maximum atomic E-state index is 11.9. The van der Waals surface area contributed by atoms with Crippen LogP contribution in [0.5, 0.6) is 0 Å². The average Bonchev–Trinajstić information content (AvgIpc) is 2.83. The largest absolute Gasteiger partial charge is 0.469 e. The van der Waals surface area contributed by atoms with Crippen LogP contribution >= 0.6 is 0 Å². The van der Waals surface area contributed by atoms with Gasteiger partial charge >= 0.3 is 0 Å². The van der Waals surface area contributed by atoms with E-state index in [9.17, 15) is 4.79 Å². The van der Waals surface area contributed by atoms with Gasteiger partial charge < -0.3 is 9.32 Å². The van der Waals surface area contributed by atoms with Crippen molar-refractivity contribution in [1.82, 2.24) is 4.90 Å². The van der Waals surface area contributed by atoms with E-state index in [4.69, 9.17) is 4.42 Å². The highest BCUT2D eigenvalue weighted by Crippen LogP contribution is 2.06. The summed E-state index contributed by atoms with van der Waals surface area (Å²) in [5, 5.41) is 0. The fraction of sp³-hybridized carbons (Fsp3) is 0.214. The van der Waals surface area contributed by atoms with Crippen LogP contribution in [-0.2, 0) is 17.8 Å². The molecule has 0 N–H and O–H groups in total. The molecule has 0 saturated heterocycles. The number of rotatable bonds is 4. The summed E-state index contributed by atoms with van der Waals surface area (Å²) in [7, 11) is 1.80. The van der Waals surface area contributed by atoms with Gasteiger partial charge in [0.1, 0.15) is 5.76 Å². The molecule has 1 aromatic carbocycles. The molecule has 1 amide bonds. The first-order valence-electron chi connectivity index (χ1n) is 5.56. The quantitative estimate of drug-likeness (QED) is 0.807. The number of carbonyl (C=O) groups excluding carboxylic acids is 1. The molecule has 3 nitrogen and oxygen atoms in total. The molecule has 0 radical (unpaired) electrons. The third kappa shape index (κ3) is 3.21. The lowest BCUT2D eigenvalue weighted by molar-refractivity contribution is -0.129. The van der Waals surface area contributed by atoms with Crippen LogP contribution in [0.25, 0.3) is 0 Å². The van der Waals surface area contributed by atoms with Gasteiger partial charge in [0.15, 0.2) is 0 Å². The molecule has 0 unspecified atom stereocenters. The van der Waals surface area contributed by atoms with Crippen molar-refractivity contribution < 1.29 is 9.21 Å². The molecule has 3 heteroatoms. The second kappa shape index (κ2) is 5.34. The highest BCUT2D eigenvalue weighted by atomic mass is 16.3. The van der Waals surface area contributed by atoms with Crippen LogP contribution in [0.3, 0.4) is 0 Å². The van der Waals surface area contributed by atoms with E-state index in [0.29, 0.717) is 18.7 Å². The minimum absolute atomic E-state index is 0.0591. The van der Waals surface area contributed by atoms with Gasteiger partial charge in [0, 0.05) is 13.6 Å². The van der Waals surface area contributed by atoms with Gasteiger partial charge in [-0.05, 0) is 17.7 Å². The van der Waals surface area contributed by atoms with Crippen LogP contribution in [0.1, 0.15) is 11.3 Å². The van der Waals surface area contributed by atoms with E-state index in [1.54, 1.807) is 24.3 Å². The summed E-state index contributed by atoms with van der Waals surface area (Å²) in [6, 6.07) is 13.5. The zero-order chi connectivity index (χ0) is 12.1. The summed E-state index contributed by atoms with van der Waals surface area (Å²) in [6.45, 7) is 0.625. The van der Waals surface area contributed by atoms with Crippen LogP contribution in [0, 0.1) is 0 Å². The predicted molar refractivity (Wildman–Crippen MR) is 65.3 cm³/mol. The van der Waals surface area contributed by atoms with Crippen LogP contribution in [0.15, 0.2) is 53.1 Å². The Bertz CT molecular complexity index is 462. The van der Waals surface area contributed by atoms with Gasteiger partial charge in [-0.25, -0.2) is 0 Å². The zero-order valence-corrected chi connectivity index (χ0v) is 9.80. The molecule has 88 valence electrons. The molecule has 0 atom stereocenters. The fourth-order valence-corrected chi connectivity index (χ4v) is 1.64. The Morgan fingerprint density at radius 2 is 1.94 bits per heavy atom. The Labute approximate surface area is 101 Å². The Balaban J connectivity index is 1.92. The molecule has 0 fully saturated rings. The molecule has 0 saturated carbocycles. The number of benzene rings is 1. The molecule has 17 heavy (non-hydrogen) atoms. The number of likely N-dealkylation sites (N-methyl/N-ethyl adjacent to an activating group) is 1. The molecular weight excluding hydrogens is 214 g/mol. The van der Waals surface area contributed by atoms with Gasteiger partial charge in [-0.15, -0.1) is 0 Å². The van der Waals surface area contributed by atoms with E-state index >= 15 is 0 Å². The van der Waals surface area contributed by atoms with Crippen molar-refractivity contribution >= 4 is 5.91 Å². The van der Waals surface area contributed by atoms with Gasteiger partial charge in [-0.1, -0.05) is 30.3 Å². The van der Waals surface area contributed by atoms with E-state index < -0.39 is 0 Å². The molecule has 0 bridgehead atoms. The summed E-state index contributed by atoms with van der Waals surface area (Å²) >= 11 is 0. The van der Waals surface area contributed by atoms with Crippen LogP contribution in [0.2, 0.25) is 0 Å². The fourth-order valence-electron chi connectivity index (χ4n) is 1.64. The molecular formula is C14H15NO2. The molecule has 2 aromatic rings. The average molecular weight is 229 g/mol. The van der Waals surface area contributed by atoms with Crippen LogP contribution < -0.4 is 0 Å². The Hall–Kier alpha value is -2.03. The van der Waals surface area contributed by atoms with Crippen molar-refractivity contribution in [2.45, 2.75) is 13.0 Å². The lowest BCUT2D eigenvalue weighted by atomic mass is 10.2. The summed E-state index contributed by atoms with van der Waals surface area (Å²) in [5.41, 5.74) is 1.13. The number of carbonyl (C=O) groups is 1. The second-order valence-corrected chi connectivity index (χ2v) is 3.99. The first-order valence-corrected chi connectivity index (χ1v) is 5.56. The lowest BCUT2D eigenvalue weighted by Crippen LogP contribution is -2.27. The van der Waals surface area contributed by atoms with Crippen LogP contribution in [0.4, 0.5) is 0 Å². The number of amides is 1. The number of furan rings is 1. The maximum Gasteiger partial charge on any atom is 0.230 e. The van der Waals surface area contributed by atoms with Crippen LogP contribution in [-0.4, -0.2) is 17.9 Å². The van der Waals surface area contributed by atoms with Gasteiger partial charge in [0.25, 0.3) is 0 Å². The minimum Gasteiger partial charge on any atom is -0.469 e. The first-order chi connectivity index (χ1) is 8.25. The normalized spacial score (nSPS) is 10.2. The van der Waals surface area contributed by atoms with E-state index in [0.717, 1.165) is 5.56 Å². The number of hydrogen-bond donors (Lipinski definition) is 0. The standard InChI is InChI=1S/C14H15NO2/c1-15(11-12-6-3-2-4-7-12)14(16)10-13-8-5-9-17-13/h2-9H,10-11H2,1H3. The molecule has 1 aromatic heterocycles. The molecule has 1 heterocycles. The predicted octanol–water partition coefficient (Wildman–Crippen LogP) is 2.48. The lowest BCUT2D eigenvalue weighted by Gasteiger charge is -2.16. The van der Waals surface area contributed by atoms with Crippen molar-refractivity contribution in [3.05, 3.63) is 60.1 Å². The number of hydrogen-bond acceptors (Lipinski definition) is 2. The van der Waals surface area contributed by atoms with Crippen molar-refractivity contribution in [1.29, 1.82) is 0 Å². The van der Waals surface area contributed by atoms with E-state index in [2.05, 4.69) is 0 Å². The topological polar surface area (TPSA) is 33.5 Å². The Morgan fingerprint density at radius 3 is 2.59 bits per heavy atom. The minimum atomic E-state index is 0.0591. The zero-order valence-electron chi connectivity index (χ0n) is 9.80. The van der Waals surface area contributed by atoms with Gasteiger partial charge in [0.2, 0.25) is 5.91 Å². The third-order valence-electron chi connectivity index (χ3n) is 2.59. The smallest absolute Gasteiger partial charge is 0.230 e. The Kier molecular flexibility index (Phi) is 3.60. The second-order valence-electron chi connectivity index (χ2n) is 3.99. The third-order valence-corrected chi connectivity index (χ3v) is 2.59. The van der Waals surface area contributed by atoms with E-state index in [1.807, 2.05) is 36.4 Å². The highest BCUT2D eigenvalue weighted by Gasteiger charge is 2.11. The highest BCUT2D eigenvalue weighted by molar-refractivity contribution is 5.77. The van der Waals surface area contributed by atoms with Crippen molar-refractivity contribution in [3.63, 3.8) is 0 Å². The monoisotopic (exact) mass is 229 g/mol. The van der Waals surface area contributed by atoms with Gasteiger partial charge in [-0.2, -0.15) is 0 Å². The molecule has 0 aliphatic rings. The molecule has 2 rings (SSSR count). The molecule has 0 spiro atoms. The number of nitrogens with zero attached hydrogens (tertiary/aromatic N) is 1. The van der Waals surface area contributed by atoms with Gasteiger partial charge in [-0.3, -0.25) is 4.79 Å². The Morgan fingerprint density at radius 1 is 1.18 bits per heavy atom. The summed E-state index contributed by atoms with van der Waals surface area (Å²) in [6.07, 6.45) is 1.90. The van der Waals surface area contributed by atoms with E-state index in [-0.39, 0.29) is 5.91 Å². The van der Waals surface area contributed by atoms with Crippen molar-refractivity contribution in [2.75, 3.05) is 7.05 Å². The maximum absolute atomic E-state index is 11.9. The summed E-state index contributed by atoms with van der Waals surface area (Å²) in [4.78, 5) is 13.6. The summed E-state index contributed by atoms with van der Waals surface area (Å²) in [5.74, 6) is 0.763. The molecule has 0 aliphatic carbocycles. The first kappa shape index (κ1) is 11.5.